The van der Waals surface area contributed by atoms with E-state index in [1.54, 1.807) is 23.1 Å². The van der Waals surface area contributed by atoms with Crippen LogP contribution in [0.25, 0.3) is 0 Å². The van der Waals surface area contributed by atoms with Gasteiger partial charge in [-0.2, -0.15) is 0 Å². The van der Waals surface area contributed by atoms with E-state index >= 15 is 0 Å². The zero-order valence-electron chi connectivity index (χ0n) is 16.2. The molecule has 5 nitrogen and oxygen atoms in total. The average Bonchev–Trinajstić information content (AvgIpc) is 3.29. The van der Waals surface area contributed by atoms with Gasteiger partial charge in [-0.25, -0.2) is 0 Å². The van der Waals surface area contributed by atoms with E-state index in [4.69, 9.17) is 37.4 Å². The predicted octanol–water partition coefficient (Wildman–Crippen LogP) is 4.96. The summed E-state index contributed by atoms with van der Waals surface area (Å²) in [7, 11) is 0. The molecule has 0 N–H and O–H groups in total. The molecule has 1 spiro atoms. The summed E-state index contributed by atoms with van der Waals surface area (Å²) in [4.78, 5) is 14.9. The van der Waals surface area contributed by atoms with E-state index in [1.165, 1.54) is 5.56 Å². The number of amides is 1. The molecule has 0 atom stereocenters. The summed E-state index contributed by atoms with van der Waals surface area (Å²) >= 11 is 12.1. The largest absolute Gasteiger partial charge is 0.490 e. The number of ether oxygens (including phenoxy) is 3. The Labute approximate surface area is 180 Å². The van der Waals surface area contributed by atoms with Crippen LogP contribution in [0.2, 0.25) is 10.0 Å². The molecule has 0 unspecified atom stereocenters. The Kier molecular flexibility index (Phi) is 6.02. The number of hydrogen-bond donors (Lipinski definition) is 0. The maximum Gasteiger partial charge on any atom is 0.292 e. The minimum Gasteiger partial charge on any atom is -0.490 e. The van der Waals surface area contributed by atoms with E-state index in [-0.39, 0.29) is 12.5 Å². The van der Waals surface area contributed by atoms with E-state index in [9.17, 15) is 4.79 Å². The SMILES string of the molecule is CCCCc1ccc2c(c1)C1(OCCO1)C(=O)N2CCOc1ccc(Cl)cc1Cl. The van der Waals surface area contributed by atoms with Crippen molar-refractivity contribution in [2.24, 2.45) is 0 Å². The number of halogens is 2. The van der Waals surface area contributed by atoms with Crippen LogP contribution in [0.15, 0.2) is 36.4 Å². The Bertz CT molecular complexity index is 912. The highest BCUT2D eigenvalue weighted by Crippen LogP contribution is 2.46. The van der Waals surface area contributed by atoms with Gasteiger partial charge >= 0.3 is 0 Å². The zero-order valence-corrected chi connectivity index (χ0v) is 17.8. The summed E-state index contributed by atoms with van der Waals surface area (Å²) in [5, 5.41) is 0.979. The van der Waals surface area contributed by atoms with Gasteiger partial charge in [-0.05, 0) is 48.7 Å². The second-order valence-corrected chi connectivity index (χ2v) is 7.99. The Balaban J connectivity index is 1.54. The minimum atomic E-state index is -1.32. The van der Waals surface area contributed by atoms with Gasteiger partial charge < -0.3 is 19.1 Å². The van der Waals surface area contributed by atoms with Crippen LogP contribution in [0.1, 0.15) is 30.9 Å². The Morgan fingerprint density at radius 1 is 1.14 bits per heavy atom. The van der Waals surface area contributed by atoms with Crippen LogP contribution in [0.5, 0.6) is 5.75 Å². The maximum atomic E-state index is 13.2. The number of anilines is 1. The van der Waals surface area contributed by atoms with E-state index in [2.05, 4.69) is 13.0 Å². The van der Waals surface area contributed by atoms with Gasteiger partial charge in [0.25, 0.3) is 11.7 Å². The quantitative estimate of drug-likeness (QED) is 0.616. The molecule has 7 heteroatoms. The number of benzene rings is 2. The molecule has 2 aromatic carbocycles. The fourth-order valence-corrected chi connectivity index (χ4v) is 4.24. The van der Waals surface area contributed by atoms with Crippen molar-refractivity contribution in [3.63, 3.8) is 0 Å². The molecule has 29 heavy (non-hydrogen) atoms. The monoisotopic (exact) mass is 435 g/mol. The van der Waals surface area contributed by atoms with Crippen molar-refractivity contribution in [1.29, 1.82) is 0 Å². The van der Waals surface area contributed by atoms with Gasteiger partial charge in [0.2, 0.25) is 0 Å². The fraction of sp³-hybridized carbons (Fsp3) is 0.409. The molecule has 2 aromatic rings. The highest BCUT2D eigenvalue weighted by molar-refractivity contribution is 6.35. The Morgan fingerprint density at radius 2 is 1.93 bits per heavy atom. The average molecular weight is 436 g/mol. The molecule has 0 saturated carbocycles. The molecular formula is C22H23Cl2NO4. The lowest BCUT2D eigenvalue weighted by molar-refractivity contribution is -0.180. The van der Waals surface area contributed by atoms with Crippen LogP contribution in [0.3, 0.4) is 0 Å². The lowest BCUT2D eigenvalue weighted by Crippen LogP contribution is -2.42. The zero-order chi connectivity index (χ0) is 20.4. The topological polar surface area (TPSA) is 48.0 Å². The molecule has 1 amide bonds. The Hall–Kier alpha value is -1.79. The van der Waals surface area contributed by atoms with Gasteiger partial charge in [0.05, 0.1) is 30.5 Å². The number of hydrogen-bond acceptors (Lipinski definition) is 4. The summed E-state index contributed by atoms with van der Waals surface area (Å²) in [6.07, 6.45) is 3.18. The highest BCUT2D eigenvalue weighted by atomic mass is 35.5. The third kappa shape index (κ3) is 3.84. The number of carbonyl (C=O) groups is 1. The van der Waals surface area contributed by atoms with E-state index in [0.29, 0.717) is 35.6 Å². The smallest absolute Gasteiger partial charge is 0.292 e. The van der Waals surface area contributed by atoms with Crippen LogP contribution in [0, 0.1) is 0 Å². The first kappa shape index (κ1) is 20.5. The minimum absolute atomic E-state index is 0.205. The third-order valence-electron chi connectivity index (χ3n) is 5.21. The number of fused-ring (bicyclic) bond motifs is 2. The molecule has 4 rings (SSSR count). The van der Waals surface area contributed by atoms with Crippen LogP contribution < -0.4 is 9.64 Å². The number of unbranched alkanes of at least 4 members (excludes halogenated alkanes) is 1. The first-order valence-corrected chi connectivity index (χ1v) is 10.6. The summed E-state index contributed by atoms with van der Waals surface area (Å²) in [5.41, 5.74) is 2.78. The van der Waals surface area contributed by atoms with Gasteiger partial charge in [0.1, 0.15) is 12.4 Å². The number of aryl methyl sites for hydroxylation is 1. The third-order valence-corrected chi connectivity index (χ3v) is 5.74. The summed E-state index contributed by atoms with van der Waals surface area (Å²) < 4.78 is 17.5. The van der Waals surface area contributed by atoms with Gasteiger partial charge in [-0.3, -0.25) is 4.79 Å². The molecule has 154 valence electrons. The van der Waals surface area contributed by atoms with Crippen molar-refractivity contribution in [2.45, 2.75) is 32.0 Å². The first-order chi connectivity index (χ1) is 14.0. The molecule has 0 aromatic heterocycles. The number of rotatable bonds is 7. The molecule has 2 aliphatic rings. The molecule has 2 aliphatic heterocycles. The van der Waals surface area contributed by atoms with Gasteiger partial charge in [0, 0.05) is 10.6 Å². The molecular weight excluding hydrogens is 413 g/mol. The van der Waals surface area contributed by atoms with Crippen LogP contribution >= 0.6 is 23.2 Å². The highest BCUT2D eigenvalue weighted by Gasteiger charge is 2.56. The molecule has 0 bridgehead atoms. The maximum absolute atomic E-state index is 13.2. The summed E-state index contributed by atoms with van der Waals surface area (Å²) in [6, 6.07) is 11.2. The summed E-state index contributed by atoms with van der Waals surface area (Å²) in [6.45, 7) is 3.59. The number of nitrogens with zero attached hydrogens (tertiary/aromatic N) is 1. The van der Waals surface area contributed by atoms with Crippen molar-refractivity contribution < 1.29 is 19.0 Å². The first-order valence-electron chi connectivity index (χ1n) is 9.86. The van der Waals surface area contributed by atoms with Crippen LogP contribution in [-0.4, -0.2) is 32.3 Å². The second-order valence-electron chi connectivity index (χ2n) is 7.15. The molecule has 1 saturated heterocycles. The van der Waals surface area contributed by atoms with Crippen molar-refractivity contribution in [3.05, 3.63) is 57.6 Å². The van der Waals surface area contributed by atoms with E-state index in [1.807, 2.05) is 12.1 Å². The van der Waals surface area contributed by atoms with Crippen molar-refractivity contribution in [3.8, 4) is 5.75 Å². The van der Waals surface area contributed by atoms with Gasteiger partial charge in [-0.1, -0.05) is 42.6 Å². The van der Waals surface area contributed by atoms with E-state index in [0.717, 1.165) is 30.5 Å². The number of carbonyl (C=O) groups excluding carboxylic acids is 1. The fourth-order valence-electron chi connectivity index (χ4n) is 3.77. The second kappa shape index (κ2) is 8.52. The standard InChI is InChI=1S/C22H23Cl2NO4/c1-2-3-4-15-5-7-19-17(13-15)22(28-11-12-29-22)21(26)25(19)9-10-27-20-8-6-16(23)14-18(20)24/h5-8,13-14H,2-4,9-12H2,1H3. The molecule has 0 aliphatic carbocycles. The predicted molar refractivity (Wildman–Crippen MR) is 113 cm³/mol. The van der Waals surface area contributed by atoms with Crippen molar-refractivity contribution in [1.82, 2.24) is 0 Å². The lowest BCUT2D eigenvalue weighted by atomic mass is 10.0. The van der Waals surface area contributed by atoms with E-state index < -0.39 is 5.79 Å². The van der Waals surface area contributed by atoms with Gasteiger partial charge in [0.15, 0.2) is 0 Å². The Morgan fingerprint density at radius 3 is 2.66 bits per heavy atom. The summed E-state index contributed by atoms with van der Waals surface area (Å²) in [5.74, 6) is -1.00. The van der Waals surface area contributed by atoms with Crippen molar-refractivity contribution in [2.75, 3.05) is 31.3 Å². The van der Waals surface area contributed by atoms with Crippen LogP contribution in [-0.2, 0) is 26.5 Å². The van der Waals surface area contributed by atoms with Crippen molar-refractivity contribution >= 4 is 34.8 Å². The normalized spacial score (nSPS) is 17.2. The molecule has 0 radical (unpaired) electrons. The van der Waals surface area contributed by atoms with Gasteiger partial charge in [-0.15, -0.1) is 0 Å². The molecule has 2 heterocycles. The molecule has 1 fully saturated rings. The lowest BCUT2D eigenvalue weighted by Gasteiger charge is -2.22. The van der Waals surface area contributed by atoms with Crippen LogP contribution in [0.4, 0.5) is 5.69 Å².